The van der Waals surface area contributed by atoms with E-state index in [1.807, 2.05) is 12.2 Å². The number of rotatable bonds is 7. The van der Waals surface area contributed by atoms with E-state index < -0.39 is 15.9 Å². The molecular formula is C23H22ClN3O5S. The Bertz CT molecular complexity index is 1200. The molecule has 0 spiro atoms. The number of hydrogen-bond donors (Lipinski definition) is 2. The maximum atomic E-state index is 12.7. The van der Waals surface area contributed by atoms with Crippen LogP contribution in [-0.4, -0.2) is 37.6 Å². The first kappa shape index (κ1) is 23.0. The number of nitrogens with one attached hydrogen (secondary N) is 2. The van der Waals surface area contributed by atoms with Crippen molar-refractivity contribution < 1.29 is 22.8 Å². The number of benzene rings is 2. The van der Waals surface area contributed by atoms with Gasteiger partial charge in [-0.1, -0.05) is 29.8 Å². The van der Waals surface area contributed by atoms with Gasteiger partial charge in [0.2, 0.25) is 17.7 Å². The summed E-state index contributed by atoms with van der Waals surface area (Å²) in [5.74, 6) is -1.56. The third kappa shape index (κ3) is 5.09. The Morgan fingerprint density at radius 2 is 1.61 bits per heavy atom. The molecule has 1 saturated heterocycles. The predicted molar refractivity (Wildman–Crippen MR) is 124 cm³/mol. The van der Waals surface area contributed by atoms with E-state index in [0.717, 1.165) is 0 Å². The summed E-state index contributed by atoms with van der Waals surface area (Å²) in [4.78, 5) is 38.6. The zero-order valence-electron chi connectivity index (χ0n) is 17.5. The maximum Gasteiger partial charge on any atom is 0.261 e. The summed E-state index contributed by atoms with van der Waals surface area (Å²) in [7, 11) is -3.88. The first-order valence-corrected chi connectivity index (χ1v) is 12.3. The number of hydrogen-bond acceptors (Lipinski definition) is 5. The van der Waals surface area contributed by atoms with Crippen molar-refractivity contribution in [1.29, 1.82) is 0 Å². The molecule has 0 radical (unpaired) electrons. The Labute approximate surface area is 196 Å². The number of carbonyl (C=O) groups is 3. The highest BCUT2D eigenvalue weighted by Gasteiger charge is 2.46. The number of anilines is 2. The van der Waals surface area contributed by atoms with Crippen LogP contribution in [0.25, 0.3) is 0 Å². The molecule has 1 fully saturated rings. The molecular weight excluding hydrogens is 466 g/mol. The molecule has 2 aromatic carbocycles. The van der Waals surface area contributed by atoms with E-state index in [-0.39, 0.29) is 47.2 Å². The lowest BCUT2D eigenvalue weighted by Crippen LogP contribution is -2.34. The number of halogens is 1. The summed E-state index contributed by atoms with van der Waals surface area (Å²) in [5.41, 5.74) is 0.639. The van der Waals surface area contributed by atoms with Gasteiger partial charge in [-0.2, -0.15) is 0 Å². The van der Waals surface area contributed by atoms with Crippen molar-refractivity contribution in [2.75, 3.05) is 16.6 Å². The second-order valence-corrected chi connectivity index (χ2v) is 10.0. The number of nitrogens with zero attached hydrogens (tertiary/aromatic N) is 1. The van der Waals surface area contributed by atoms with Crippen LogP contribution in [0.15, 0.2) is 65.6 Å². The van der Waals surface area contributed by atoms with Gasteiger partial charge in [-0.05, 0) is 55.3 Å². The molecule has 0 aromatic heterocycles. The van der Waals surface area contributed by atoms with Crippen LogP contribution in [0.5, 0.6) is 0 Å². The molecule has 0 bridgehead atoms. The highest BCUT2D eigenvalue weighted by molar-refractivity contribution is 7.92. The smallest absolute Gasteiger partial charge is 0.261 e. The van der Waals surface area contributed by atoms with Crippen LogP contribution in [0, 0.1) is 11.8 Å². The lowest BCUT2D eigenvalue weighted by atomic mass is 9.85. The van der Waals surface area contributed by atoms with Gasteiger partial charge in [-0.15, -0.1) is 0 Å². The predicted octanol–water partition coefficient (Wildman–Crippen LogP) is 3.42. The largest absolute Gasteiger partial charge is 0.326 e. The van der Waals surface area contributed by atoms with E-state index in [1.165, 1.54) is 23.1 Å². The summed E-state index contributed by atoms with van der Waals surface area (Å²) in [6, 6.07) is 12.0. The standard InChI is InChI=1S/C23H22ClN3O5S/c24-15-8-10-16(11-9-15)26-33(31,32)18-5-3-4-17(14-18)25-21(28)12-13-27-22(29)19-6-1-2-7-20(19)23(27)30/h1-5,8-11,14,19-20,26H,6-7,12-13H2,(H,25,28)/t19-,20-/m1/s1. The molecule has 2 aromatic rings. The molecule has 0 saturated carbocycles. The highest BCUT2D eigenvalue weighted by atomic mass is 35.5. The van der Waals surface area contributed by atoms with E-state index in [4.69, 9.17) is 11.6 Å². The average Bonchev–Trinajstić information content (AvgIpc) is 3.04. The SMILES string of the molecule is O=C(CCN1C(=O)[C@@H]2CC=CC[C@H]2C1=O)Nc1cccc(S(=O)(=O)Nc2ccc(Cl)cc2)c1. The van der Waals surface area contributed by atoms with Crippen molar-refractivity contribution in [3.63, 3.8) is 0 Å². The zero-order valence-corrected chi connectivity index (χ0v) is 19.1. The molecule has 10 heteroatoms. The Morgan fingerprint density at radius 3 is 2.24 bits per heavy atom. The quantitative estimate of drug-likeness (QED) is 0.459. The van der Waals surface area contributed by atoms with E-state index >= 15 is 0 Å². The highest BCUT2D eigenvalue weighted by Crippen LogP contribution is 2.35. The topological polar surface area (TPSA) is 113 Å². The van der Waals surface area contributed by atoms with E-state index in [2.05, 4.69) is 10.0 Å². The van der Waals surface area contributed by atoms with Crippen molar-refractivity contribution in [3.05, 3.63) is 65.7 Å². The van der Waals surface area contributed by atoms with Gasteiger partial charge in [0.15, 0.2) is 0 Å². The molecule has 2 aliphatic rings. The molecule has 4 rings (SSSR count). The van der Waals surface area contributed by atoms with Gasteiger partial charge in [-0.3, -0.25) is 24.0 Å². The van der Waals surface area contributed by atoms with Gasteiger partial charge in [0.05, 0.1) is 16.7 Å². The van der Waals surface area contributed by atoms with Crippen molar-refractivity contribution in [2.45, 2.75) is 24.2 Å². The Hall–Kier alpha value is -3.17. The maximum absolute atomic E-state index is 12.7. The van der Waals surface area contributed by atoms with Crippen LogP contribution in [0.4, 0.5) is 11.4 Å². The molecule has 8 nitrogen and oxygen atoms in total. The summed E-state index contributed by atoms with van der Waals surface area (Å²) < 4.78 is 27.8. The second-order valence-electron chi connectivity index (χ2n) is 7.92. The number of allylic oxidation sites excluding steroid dienone is 2. The third-order valence-corrected chi connectivity index (χ3v) is 7.32. The Morgan fingerprint density at radius 1 is 0.970 bits per heavy atom. The third-order valence-electron chi connectivity index (χ3n) is 5.69. The molecule has 3 amide bonds. The van der Waals surface area contributed by atoms with Crippen LogP contribution >= 0.6 is 11.6 Å². The van der Waals surface area contributed by atoms with E-state index in [9.17, 15) is 22.8 Å². The van der Waals surface area contributed by atoms with Crippen molar-refractivity contribution in [1.82, 2.24) is 4.90 Å². The summed E-state index contributed by atoms with van der Waals surface area (Å²) in [6.07, 6.45) is 4.83. The average molecular weight is 488 g/mol. The fraction of sp³-hybridized carbons (Fsp3) is 0.261. The van der Waals surface area contributed by atoms with Gasteiger partial charge in [0.25, 0.3) is 10.0 Å². The lowest BCUT2D eigenvalue weighted by molar-refractivity contribution is -0.140. The number of amides is 3. The van der Waals surface area contributed by atoms with Gasteiger partial charge in [-0.25, -0.2) is 8.42 Å². The van der Waals surface area contributed by atoms with Gasteiger partial charge in [0.1, 0.15) is 0 Å². The van der Waals surface area contributed by atoms with Crippen LogP contribution in [0.3, 0.4) is 0 Å². The first-order chi connectivity index (χ1) is 15.7. The van der Waals surface area contributed by atoms with Crippen molar-refractivity contribution in [2.24, 2.45) is 11.8 Å². The van der Waals surface area contributed by atoms with Crippen LogP contribution in [0.1, 0.15) is 19.3 Å². The van der Waals surface area contributed by atoms with Gasteiger partial charge >= 0.3 is 0 Å². The zero-order chi connectivity index (χ0) is 23.6. The van der Waals surface area contributed by atoms with Crippen LogP contribution < -0.4 is 10.0 Å². The van der Waals surface area contributed by atoms with Crippen molar-refractivity contribution in [3.8, 4) is 0 Å². The van der Waals surface area contributed by atoms with Crippen LogP contribution in [-0.2, 0) is 24.4 Å². The fourth-order valence-corrected chi connectivity index (χ4v) is 5.23. The number of likely N-dealkylation sites (tertiary alicyclic amines) is 1. The number of fused-ring (bicyclic) bond motifs is 1. The minimum absolute atomic E-state index is 0.00733. The number of sulfonamides is 1. The molecule has 172 valence electrons. The van der Waals surface area contributed by atoms with Gasteiger partial charge < -0.3 is 5.32 Å². The number of imide groups is 1. The molecule has 1 heterocycles. The summed E-state index contributed by atoms with van der Waals surface area (Å²) in [6.45, 7) is -0.00733. The monoisotopic (exact) mass is 487 g/mol. The lowest BCUT2D eigenvalue weighted by Gasteiger charge is -2.15. The Kier molecular flexibility index (Phi) is 6.53. The molecule has 0 unspecified atom stereocenters. The summed E-state index contributed by atoms with van der Waals surface area (Å²) >= 11 is 5.82. The second kappa shape index (κ2) is 9.36. The van der Waals surface area contributed by atoms with E-state index in [1.54, 1.807) is 30.3 Å². The minimum Gasteiger partial charge on any atom is -0.326 e. The molecule has 2 N–H and O–H groups in total. The first-order valence-electron chi connectivity index (χ1n) is 10.4. The molecule has 33 heavy (non-hydrogen) atoms. The van der Waals surface area contributed by atoms with Gasteiger partial charge in [0, 0.05) is 29.4 Å². The summed E-state index contributed by atoms with van der Waals surface area (Å²) in [5, 5.41) is 3.11. The normalized spacial score (nSPS) is 20.0. The van der Waals surface area contributed by atoms with Crippen molar-refractivity contribution >= 4 is 50.7 Å². The van der Waals surface area contributed by atoms with E-state index in [0.29, 0.717) is 23.6 Å². The molecule has 1 aliphatic carbocycles. The molecule has 2 atom stereocenters. The Balaban J connectivity index is 1.37. The van der Waals surface area contributed by atoms with Crippen LogP contribution in [0.2, 0.25) is 5.02 Å². The number of carbonyl (C=O) groups excluding carboxylic acids is 3. The minimum atomic E-state index is -3.88. The molecule has 1 aliphatic heterocycles. The fourth-order valence-electron chi connectivity index (χ4n) is 4.00.